The van der Waals surface area contributed by atoms with Crippen LogP contribution in [0.2, 0.25) is 0 Å². The highest BCUT2D eigenvalue weighted by Crippen LogP contribution is 2.15. The average molecular weight is 719 g/mol. The van der Waals surface area contributed by atoms with E-state index < -0.39 is 0 Å². The molecule has 0 aromatic carbocycles. The van der Waals surface area contributed by atoms with Crippen molar-refractivity contribution in [3.05, 3.63) is 0 Å². The summed E-state index contributed by atoms with van der Waals surface area (Å²) in [6, 6.07) is 0. The van der Waals surface area contributed by atoms with E-state index in [9.17, 15) is 14.7 Å². The SMILES string of the molecule is CCCCCCCCCCCCCCCCCC(=O)OCC[N+](C)(CO)CCOC(=O)CCCCCCCCCCCCCCCCC.[Cl-]. The van der Waals surface area contributed by atoms with E-state index in [2.05, 4.69) is 13.8 Å². The molecule has 0 saturated heterocycles. The van der Waals surface area contributed by atoms with Crippen molar-refractivity contribution in [2.24, 2.45) is 0 Å². The van der Waals surface area contributed by atoms with Crippen molar-refractivity contribution in [2.75, 3.05) is 40.1 Å². The molecule has 0 aliphatic carbocycles. The van der Waals surface area contributed by atoms with Gasteiger partial charge in [0, 0.05) is 12.8 Å². The second kappa shape index (κ2) is 39.9. The summed E-state index contributed by atoms with van der Waals surface area (Å²) in [5, 5.41) is 9.91. The zero-order valence-corrected chi connectivity index (χ0v) is 33.8. The number of carbonyl (C=O) groups is 2. The first-order valence-electron chi connectivity index (χ1n) is 21.2. The Hall–Kier alpha value is -0.850. The van der Waals surface area contributed by atoms with Crippen LogP contribution >= 0.6 is 0 Å². The molecule has 0 aromatic heterocycles. The van der Waals surface area contributed by atoms with E-state index in [0.29, 0.717) is 30.4 Å². The van der Waals surface area contributed by atoms with Gasteiger partial charge in [-0.1, -0.05) is 194 Å². The number of unbranched alkanes of at least 4 members (excludes halogenated alkanes) is 28. The summed E-state index contributed by atoms with van der Waals surface area (Å²) in [6.45, 7) is 6.05. The molecule has 0 aliphatic rings. The first kappa shape index (κ1) is 50.3. The van der Waals surface area contributed by atoms with Crippen molar-refractivity contribution in [1.82, 2.24) is 0 Å². The van der Waals surface area contributed by atoms with E-state index >= 15 is 0 Å². The van der Waals surface area contributed by atoms with Gasteiger partial charge in [0.15, 0.2) is 6.73 Å². The second-order valence-electron chi connectivity index (χ2n) is 15.0. The van der Waals surface area contributed by atoms with Gasteiger partial charge in [-0.3, -0.25) is 14.1 Å². The lowest BCUT2D eigenvalue weighted by Gasteiger charge is -2.31. The topological polar surface area (TPSA) is 72.8 Å². The molecule has 0 amide bonds. The van der Waals surface area contributed by atoms with Crippen LogP contribution in [0.1, 0.15) is 219 Å². The van der Waals surface area contributed by atoms with Crippen LogP contribution in [-0.4, -0.2) is 61.6 Å². The maximum atomic E-state index is 12.2. The predicted octanol–water partition coefficient (Wildman–Crippen LogP) is 9.00. The van der Waals surface area contributed by atoms with Crippen LogP contribution in [0.5, 0.6) is 0 Å². The monoisotopic (exact) mass is 718 g/mol. The van der Waals surface area contributed by atoms with Gasteiger partial charge in [0.2, 0.25) is 0 Å². The molecule has 0 aromatic rings. The molecule has 0 rings (SSSR count). The summed E-state index contributed by atoms with van der Waals surface area (Å²) >= 11 is 0. The van der Waals surface area contributed by atoms with Crippen molar-refractivity contribution in [3.63, 3.8) is 0 Å². The van der Waals surface area contributed by atoms with Crippen molar-refractivity contribution in [1.29, 1.82) is 0 Å². The molecule has 1 N–H and O–H groups in total. The summed E-state index contributed by atoms with van der Waals surface area (Å²) in [6.07, 6.45) is 40.2. The van der Waals surface area contributed by atoms with Gasteiger partial charge in [-0.15, -0.1) is 0 Å². The summed E-state index contributed by atoms with van der Waals surface area (Å²) < 4.78 is 11.2. The smallest absolute Gasteiger partial charge is 0.305 e. The first-order chi connectivity index (χ1) is 23.5. The molecule has 294 valence electrons. The second-order valence-corrected chi connectivity index (χ2v) is 15.0. The predicted molar refractivity (Wildman–Crippen MR) is 204 cm³/mol. The normalized spacial score (nSPS) is 11.4. The zero-order valence-electron chi connectivity index (χ0n) is 33.1. The fraction of sp³-hybridized carbons (Fsp3) is 0.952. The van der Waals surface area contributed by atoms with Gasteiger partial charge in [0.25, 0.3) is 0 Å². The molecular formula is C42H84ClNO5. The molecule has 49 heavy (non-hydrogen) atoms. The molecule has 0 unspecified atom stereocenters. The van der Waals surface area contributed by atoms with Crippen molar-refractivity contribution < 1.29 is 41.1 Å². The number of ether oxygens (including phenoxy) is 2. The number of carbonyl (C=O) groups excluding carboxylic acids is 2. The van der Waals surface area contributed by atoms with Crippen molar-refractivity contribution in [2.45, 2.75) is 219 Å². The summed E-state index contributed by atoms with van der Waals surface area (Å²) in [5.41, 5.74) is 0. The molecule has 0 saturated carbocycles. The van der Waals surface area contributed by atoms with E-state index in [4.69, 9.17) is 9.47 Å². The standard InChI is InChI=1S/C42H84NO5.ClH/c1-4-6-8-10-12-14-16-18-20-22-24-26-28-30-32-34-41(45)47-38-36-43(3,40-44)37-39-48-42(46)35-33-31-29-27-25-23-21-19-17-15-13-11-9-7-5-2;/h44H,4-40H2,1-3H3;1H/q+1;/p-1. The number of esters is 2. The number of quaternary nitrogens is 1. The maximum Gasteiger partial charge on any atom is 0.305 e. The summed E-state index contributed by atoms with van der Waals surface area (Å²) in [5.74, 6) is -0.298. The Morgan fingerprint density at radius 3 is 0.878 bits per heavy atom. The molecule has 0 radical (unpaired) electrons. The molecule has 6 nitrogen and oxygen atoms in total. The van der Waals surface area contributed by atoms with Gasteiger partial charge in [0.05, 0.1) is 7.05 Å². The number of rotatable bonds is 39. The Balaban J connectivity index is 0. The third kappa shape index (κ3) is 38.2. The highest BCUT2D eigenvalue weighted by atomic mass is 35.5. The summed E-state index contributed by atoms with van der Waals surface area (Å²) in [7, 11) is 1.91. The molecule has 0 spiro atoms. The largest absolute Gasteiger partial charge is 1.00 e. The van der Waals surface area contributed by atoms with E-state index in [1.807, 2.05) is 7.05 Å². The number of halogens is 1. The molecule has 0 fully saturated rings. The Kier molecular flexibility index (Phi) is 41.0. The van der Waals surface area contributed by atoms with E-state index in [1.165, 1.54) is 167 Å². The lowest BCUT2D eigenvalue weighted by Crippen LogP contribution is -3.00. The molecular weight excluding hydrogens is 634 g/mol. The Bertz CT molecular complexity index is 640. The molecule has 0 heterocycles. The van der Waals surface area contributed by atoms with Crippen molar-refractivity contribution >= 4 is 11.9 Å². The van der Waals surface area contributed by atoms with Gasteiger partial charge in [0.1, 0.15) is 26.3 Å². The number of likely N-dealkylation sites (N-methyl/N-ethyl adjacent to an activating group) is 1. The molecule has 0 atom stereocenters. The van der Waals surface area contributed by atoms with Gasteiger partial charge in [-0.05, 0) is 12.8 Å². The Morgan fingerprint density at radius 2 is 0.653 bits per heavy atom. The quantitative estimate of drug-likeness (QED) is 0.0298. The van der Waals surface area contributed by atoms with Crippen molar-refractivity contribution in [3.8, 4) is 0 Å². The van der Waals surface area contributed by atoms with Gasteiger partial charge in [-0.25, -0.2) is 0 Å². The zero-order chi connectivity index (χ0) is 35.2. The number of hydrogen-bond donors (Lipinski definition) is 1. The van der Waals surface area contributed by atoms with Gasteiger partial charge < -0.3 is 27.0 Å². The Morgan fingerprint density at radius 1 is 0.429 bits per heavy atom. The lowest BCUT2D eigenvalue weighted by molar-refractivity contribution is -0.927. The number of hydrogen-bond acceptors (Lipinski definition) is 5. The molecule has 0 aliphatic heterocycles. The van der Waals surface area contributed by atoms with Crippen LogP contribution < -0.4 is 12.4 Å². The lowest BCUT2D eigenvalue weighted by atomic mass is 10.0. The minimum Gasteiger partial charge on any atom is -1.00 e. The van der Waals surface area contributed by atoms with Crippen LogP contribution in [0.3, 0.4) is 0 Å². The highest BCUT2D eigenvalue weighted by molar-refractivity contribution is 5.69. The third-order valence-electron chi connectivity index (χ3n) is 10.1. The third-order valence-corrected chi connectivity index (χ3v) is 10.1. The number of aliphatic hydroxyl groups excluding tert-OH is 1. The average Bonchev–Trinajstić information content (AvgIpc) is 3.08. The van der Waals surface area contributed by atoms with Crippen LogP contribution in [0.25, 0.3) is 0 Å². The van der Waals surface area contributed by atoms with Gasteiger partial charge in [-0.2, -0.15) is 0 Å². The van der Waals surface area contributed by atoms with Crippen LogP contribution in [0.15, 0.2) is 0 Å². The fourth-order valence-electron chi connectivity index (χ4n) is 6.44. The Labute approximate surface area is 311 Å². The van der Waals surface area contributed by atoms with Gasteiger partial charge >= 0.3 is 11.9 Å². The number of aliphatic hydroxyl groups is 1. The van der Waals surface area contributed by atoms with Crippen LogP contribution in [-0.2, 0) is 19.1 Å². The van der Waals surface area contributed by atoms with Crippen LogP contribution in [0.4, 0.5) is 0 Å². The van der Waals surface area contributed by atoms with E-state index in [0.717, 1.165) is 25.7 Å². The van der Waals surface area contributed by atoms with Crippen LogP contribution in [0, 0.1) is 0 Å². The summed E-state index contributed by atoms with van der Waals surface area (Å²) in [4.78, 5) is 24.3. The minimum absolute atomic E-state index is 0. The number of nitrogens with zero attached hydrogens (tertiary/aromatic N) is 1. The first-order valence-corrected chi connectivity index (χ1v) is 21.2. The van der Waals surface area contributed by atoms with E-state index in [1.54, 1.807) is 0 Å². The van der Waals surface area contributed by atoms with E-state index in [-0.39, 0.29) is 44.3 Å². The maximum absolute atomic E-state index is 12.2. The molecule has 7 heteroatoms. The molecule has 0 bridgehead atoms. The highest BCUT2D eigenvalue weighted by Gasteiger charge is 2.21. The fourth-order valence-corrected chi connectivity index (χ4v) is 6.44. The minimum atomic E-state index is -0.149.